The summed E-state index contributed by atoms with van der Waals surface area (Å²) in [6.45, 7) is 2.76. The van der Waals surface area contributed by atoms with Gasteiger partial charge in [-0.2, -0.15) is 0 Å². The highest BCUT2D eigenvalue weighted by atomic mass is 32.1. The van der Waals surface area contributed by atoms with E-state index in [0.29, 0.717) is 4.88 Å². The number of likely N-dealkylation sites (tertiary alicyclic amines) is 1. The van der Waals surface area contributed by atoms with Crippen molar-refractivity contribution in [1.29, 1.82) is 0 Å². The lowest BCUT2D eigenvalue weighted by molar-refractivity contribution is 0.0904. The summed E-state index contributed by atoms with van der Waals surface area (Å²) < 4.78 is 0. The topological polar surface area (TPSA) is 87.2 Å². The molecule has 0 bridgehead atoms. The first-order valence-electron chi connectivity index (χ1n) is 9.92. The van der Waals surface area contributed by atoms with Crippen LogP contribution in [-0.2, 0) is 6.54 Å². The number of thiophene rings is 1. The van der Waals surface area contributed by atoms with Crippen molar-refractivity contribution in [2.75, 3.05) is 18.4 Å². The fourth-order valence-corrected chi connectivity index (χ4v) is 4.12. The number of rotatable bonds is 6. The third-order valence-corrected chi connectivity index (χ3v) is 5.93. The van der Waals surface area contributed by atoms with E-state index < -0.39 is 0 Å². The van der Waals surface area contributed by atoms with E-state index in [4.69, 9.17) is 0 Å². The number of piperidine rings is 1. The molecule has 0 atom stereocenters. The monoisotopic (exact) mass is 421 g/mol. The molecular weight excluding hydrogens is 398 g/mol. The van der Waals surface area contributed by atoms with Crippen molar-refractivity contribution >= 4 is 29.0 Å². The lowest BCUT2D eigenvalue weighted by Gasteiger charge is -2.32. The van der Waals surface area contributed by atoms with E-state index in [1.54, 1.807) is 12.1 Å². The molecule has 0 aliphatic carbocycles. The second kappa shape index (κ2) is 9.60. The van der Waals surface area contributed by atoms with Gasteiger partial charge >= 0.3 is 0 Å². The fourth-order valence-electron chi connectivity index (χ4n) is 3.50. The summed E-state index contributed by atoms with van der Waals surface area (Å²) in [5, 5.41) is 7.57. The summed E-state index contributed by atoms with van der Waals surface area (Å²) in [6.07, 6.45) is 4.66. The van der Waals surface area contributed by atoms with E-state index in [1.165, 1.54) is 29.3 Å². The second-order valence-corrected chi connectivity index (χ2v) is 8.14. The Labute approximate surface area is 179 Å². The molecule has 154 valence electrons. The molecule has 0 spiro atoms. The molecule has 4 rings (SSSR count). The van der Waals surface area contributed by atoms with Gasteiger partial charge in [0.2, 0.25) is 0 Å². The molecule has 8 heteroatoms. The van der Waals surface area contributed by atoms with E-state index in [-0.39, 0.29) is 29.4 Å². The van der Waals surface area contributed by atoms with Gasteiger partial charge in [-0.25, -0.2) is 9.97 Å². The number of nitrogens with zero attached hydrogens (tertiary/aromatic N) is 3. The number of carbonyl (C=O) groups is 2. The molecule has 3 aromatic rings. The van der Waals surface area contributed by atoms with E-state index >= 15 is 0 Å². The molecule has 0 radical (unpaired) electrons. The number of carbonyl (C=O) groups excluding carboxylic acids is 2. The van der Waals surface area contributed by atoms with Crippen molar-refractivity contribution in [3.8, 4) is 0 Å². The van der Waals surface area contributed by atoms with Crippen molar-refractivity contribution in [2.45, 2.75) is 25.4 Å². The number of hydrogen-bond donors (Lipinski definition) is 2. The number of benzene rings is 1. The van der Waals surface area contributed by atoms with Gasteiger partial charge in [-0.15, -0.1) is 11.3 Å². The van der Waals surface area contributed by atoms with Crippen LogP contribution in [0.15, 0.2) is 60.2 Å². The molecule has 0 saturated carbocycles. The van der Waals surface area contributed by atoms with Crippen molar-refractivity contribution in [3.05, 3.63) is 76.4 Å². The molecule has 7 nitrogen and oxygen atoms in total. The Bertz CT molecular complexity index is 986. The molecule has 3 heterocycles. The molecule has 2 aromatic heterocycles. The molecule has 1 aromatic carbocycles. The highest BCUT2D eigenvalue weighted by Gasteiger charge is 2.24. The number of hydrogen-bond acceptors (Lipinski definition) is 6. The second-order valence-electron chi connectivity index (χ2n) is 7.19. The quantitative estimate of drug-likeness (QED) is 0.638. The van der Waals surface area contributed by atoms with Gasteiger partial charge in [0.1, 0.15) is 0 Å². The molecule has 2 N–H and O–H groups in total. The van der Waals surface area contributed by atoms with Crippen LogP contribution in [0.2, 0.25) is 0 Å². The first-order valence-corrected chi connectivity index (χ1v) is 10.8. The van der Waals surface area contributed by atoms with Crippen LogP contribution in [-0.4, -0.2) is 45.8 Å². The van der Waals surface area contributed by atoms with Gasteiger partial charge in [-0.05, 0) is 29.9 Å². The Morgan fingerprint density at radius 1 is 1.00 bits per heavy atom. The Balaban J connectivity index is 1.33. The van der Waals surface area contributed by atoms with Crippen molar-refractivity contribution in [2.24, 2.45) is 0 Å². The maximum Gasteiger partial charge on any atom is 0.273 e. The Kier molecular flexibility index (Phi) is 6.46. The lowest BCUT2D eigenvalue weighted by atomic mass is 10.0. The van der Waals surface area contributed by atoms with Crippen LogP contribution < -0.4 is 10.6 Å². The molecular formula is C22H23N5O2S. The summed E-state index contributed by atoms with van der Waals surface area (Å²) in [4.78, 5) is 36.4. The molecule has 1 aliphatic rings. The third kappa shape index (κ3) is 5.08. The molecule has 1 saturated heterocycles. The predicted octanol–water partition coefficient (Wildman–Crippen LogP) is 3.18. The van der Waals surface area contributed by atoms with Crippen LogP contribution >= 0.6 is 11.3 Å². The summed E-state index contributed by atoms with van der Waals surface area (Å²) in [5.41, 5.74) is 1.43. The van der Waals surface area contributed by atoms with Crippen LogP contribution in [0.4, 0.5) is 5.82 Å². The van der Waals surface area contributed by atoms with Crippen molar-refractivity contribution < 1.29 is 9.59 Å². The van der Waals surface area contributed by atoms with Crippen molar-refractivity contribution in [1.82, 2.24) is 20.2 Å². The standard InChI is InChI=1S/C22H23N5O2S/c28-21(18-7-4-14-30-18)26-20-19(23-10-11-24-20)22(29)25-17-8-12-27(13-9-17)15-16-5-2-1-3-6-16/h1-7,10-11,14,17H,8-9,12-13,15H2,(H,25,29)(H,24,26,28). The van der Waals surface area contributed by atoms with E-state index in [1.807, 2.05) is 11.4 Å². The average Bonchev–Trinajstić information content (AvgIpc) is 3.31. The zero-order valence-corrected chi connectivity index (χ0v) is 17.3. The minimum absolute atomic E-state index is 0.0763. The summed E-state index contributed by atoms with van der Waals surface area (Å²) in [7, 11) is 0. The highest BCUT2D eigenvalue weighted by Crippen LogP contribution is 2.17. The van der Waals surface area contributed by atoms with Gasteiger partial charge in [0, 0.05) is 38.1 Å². The minimum Gasteiger partial charge on any atom is -0.348 e. The van der Waals surface area contributed by atoms with Crippen LogP contribution in [0.3, 0.4) is 0 Å². The number of amides is 2. The largest absolute Gasteiger partial charge is 0.348 e. The molecule has 0 unspecified atom stereocenters. The molecule has 2 amide bonds. The number of anilines is 1. The predicted molar refractivity (Wildman–Crippen MR) is 117 cm³/mol. The normalized spacial score (nSPS) is 14.9. The smallest absolute Gasteiger partial charge is 0.273 e. The third-order valence-electron chi connectivity index (χ3n) is 5.06. The summed E-state index contributed by atoms with van der Waals surface area (Å²) in [5.74, 6) is -0.435. The zero-order chi connectivity index (χ0) is 20.8. The maximum absolute atomic E-state index is 12.8. The Morgan fingerprint density at radius 2 is 1.77 bits per heavy atom. The first-order chi connectivity index (χ1) is 14.7. The van der Waals surface area contributed by atoms with E-state index in [0.717, 1.165) is 32.5 Å². The summed E-state index contributed by atoms with van der Waals surface area (Å²) >= 11 is 1.33. The number of nitrogens with one attached hydrogen (secondary N) is 2. The first kappa shape index (κ1) is 20.2. The number of aromatic nitrogens is 2. The Hall–Kier alpha value is -3.10. The summed E-state index contributed by atoms with van der Waals surface area (Å²) in [6, 6.07) is 14.0. The van der Waals surface area contributed by atoms with E-state index in [9.17, 15) is 9.59 Å². The van der Waals surface area contributed by atoms with Gasteiger partial charge < -0.3 is 10.6 Å². The molecule has 30 heavy (non-hydrogen) atoms. The lowest BCUT2D eigenvalue weighted by Crippen LogP contribution is -2.44. The maximum atomic E-state index is 12.8. The van der Waals surface area contributed by atoms with Crippen molar-refractivity contribution in [3.63, 3.8) is 0 Å². The minimum atomic E-state index is -0.314. The average molecular weight is 422 g/mol. The van der Waals surface area contributed by atoms with Crippen LogP contribution in [0.1, 0.15) is 38.6 Å². The highest BCUT2D eigenvalue weighted by molar-refractivity contribution is 7.12. The fraction of sp³-hybridized carbons (Fsp3) is 0.273. The van der Waals surface area contributed by atoms with E-state index in [2.05, 4.69) is 49.8 Å². The van der Waals surface area contributed by atoms with Crippen LogP contribution in [0.25, 0.3) is 0 Å². The van der Waals surface area contributed by atoms with Crippen LogP contribution in [0, 0.1) is 0 Å². The van der Waals surface area contributed by atoms with Gasteiger partial charge in [0.15, 0.2) is 11.5 Å². The van der Waals surface area contributed by atoms with Crippen LogP contribution in [0.5, 0.6) is 0 Å². The van der Waals surface area contributed by atoms with Gasteiger partial charge in [-0.1, -0.05) is 36.4 Å². The SMILES string of the molecule is O=C(Nc1nccnc1C(=O)NC1CCN(Cc2ccccc2)CC1)c1cccs1. The van der Waals surface area contributed by atoms with Gasteiger partial charge in [0.05, 0.1) is 4.88 Å². The molecule has 1 aliphatic heterocycles. The zero-order valence-electron chi connectivity index (χ0n) is 16.5. The van der Waals surface area contributed by atoms with Gasteiger partial charge in [-0.3, -0.25) is 14.5 Å². The molecule has 1 fully saturated rings. The van der Waals surface area contributed by atoms with Gasteiger partial charge in [0.25, 0.3) is 11.8 Å². The Morgan fingerprint density at radius 3 is 2.50 bits per heavy atom.